The van der Waals surface area contributed by atoms with Gasteiger partial charge in [-0.15, -0.1) is 0 Å². The van der Waals surface area contributed by atoms with Crippen LogP contribution in [0, 0.1) is 0 Å². The lowest BCUT2D eigenvalue weighted by Gasteiger charge is -2.25. The fourth-order valence-corrected chi connectivity index (χ4v) is 2.76. The molecule has 0 aliphatic rings. The molecule has 0 radical (unpaired) electrons. The molecular formula is C20H25Cl2NO2. The number of methoxy groups -OCH3 is 1. The van der Waals surface area contributed by atoms with Crippen molar-refractivity contribution in [2.45, 2.75) is 45.9 Å². The summed E-state index contributed by atoms with van der Waals surface area (Å²) in [5, 5.41) is 4.73. The van der Waals surface area contributed by atoms with E-state index in [1.165, 1.54) is 0 Å². The van der Waals surface area contributed by atoms with Crippen LogP contribution in [0.25, 0.3) is 0 Å². The molecule has 3 nitrogen and oxygen atoms in total. The van der Waals surface area contributed by atoms with Gasteiger partial charge in [-0.3, -0.25) is 0 Å². The van der Waals surface area contributed by atoms with Crippen molar-refractivity contribution in [2.24, 2.45) is 0 Å². The molecule has 0 aliphatic heterocycles. The first kappa shape index (κ1) is 19.9. The first-order valence-corrected chi connectivity index (χ1v) is 9.09. The average molecular weight is 382 g/mol. The molecule has 2 rings (SSSR count). The fourth-order valence-electron chi connectivity index (χ4n) is 2.26. The van der Waals surface area contributed by atoms with E-state index in [1.807, 2.05) is 36.4 Å². The minimum absolute atomic E-state index is 0.0709. The van der Waals surface area contributed by atoms with E-state index >= 15 is 0 Å². The lowest BCUT2D eigenvalue weighted by atomic mass is 10.0. The van der Waals surface area contributed by atoms with Gasteiger partial charge in [0.05, 0.1) is 12.1 Å². The van der Waals surface area contributed by atoms with Crippen molar-refractivity contribution in [3.8, 4) is 11.5 Å². The molecule has 0 saturated heterocycles. The molecule has 0 saturated carbocycles. The molecule has 0 bridgehead atoms. The van der Waals surface area contributed by atoms with E-state index in [-0.39, 0.29) is 5.54 Å². The number of hydrogen-bond acceptors (Lipinski definition) is 3. The molecular weight excluding hydrogens is 357 g/mol. The monoisotopic (exact) mass is 381 g/mol. The van der Waals surface area contributed by atoms with Crippen molar-refractivity contribution in [1.82, 2.24) is 5.32 Å². The topological polar surface area (TPSA) is 30.5 Å². The van der Waals surface area contributed by atoms with E-state index in [1.54, 1.807) is 7.11 Å². The summed E-state index contributed by atoms with van der Waals surface area (Å²) in [6.45, 7) is 7.60. The van der Waals surface area contributed by atoms with Gasteiger partial charge in [0, 0.05) is 17.1 Å². The standard InChI is InChI=1S/C20H25Cl2NO2/c1-5-20(2,3)23-12-15-10-17(22)19(18(11-15)24-4)25-13-14-7-6-8-16(21)9-14/h6-11,23H,5,12-13H2,1-4H3. The largest absolute Gasteiger partial charge is 0.493 e. The maximum absolute atomic E-state index is 6.44. The van der Waals surface area contributed by atoms with Gasteiger partial charge in [0.1, 0.15) is 6.61 Å². The fraction of sp³-hybridized carbons (Fsp3) is 0.400. The maximum atomic E-state index is 6.44. The second-order valence-corrected chi connectivity index (χ2v) is 7.46. The predicted molar refractivity (Wildman–Crippen MR) is 105 cm³/mol. The van der Waals surface area contributed by atoms with Crippen LogP contribution in [-0.2, 0) is 13.2 Å². The van der Waals surface area contributed by atoms with Gasteiger partial charge in [-0.25, -0.2) is 0 Å². The van der Waals surface area contributed by atoms with Crippen LogP contribution in [0.3, 0.4) is 0 Å². The van der Waals surface area contributed by atoms with E-state index < -0.39 is 0 Å². The van der Waals surface area contributed by atoms with E-state index in [9.17, 15) is 0 Å². The smallest absolute Gasteiger partial charge is 0.180 e. The zero-order valence-corrected chi connectivity index (χ0v) is 16.7. The second-order valence-electron chi connectivity index (χ2n) is 6.62. The van der Waals surface area contributed by atoms with Crippen LogP contribution in [0.5, 0.6) is 11.5 Å². The van der Waals surface area contributed by atoms with Crippen LogP contribution in [0.15, 0.2) is 36.4 Å². The van der Waals surface area contributed by atoms with Crippen LogP contribution in [-0.4, -0.2) is 12.6 Å². The SMILES string of the molecule is CCC(C)(C)NCc1cc(Cl)c(OCc2cccc(Cl)c2)c(OC)c1. The van der Waals surface area contributed by atoms with Crippen molar-refractivity contribution in [3.63, 3.8) is 0 Å². The highest BCUT2D eigenvalue weighted by molar-refractivity contribution is 6.32. The summed E-state index contributed by atoms with van der Waals surface area (Å²) in [6.07, 6.45) is 1.04. The van der Waals surface area contributed by atoms with Gasteiger partial charge in [-0.05, 0) is 55.7 Å². The molecule has 0 aliphatic carbocycles. The summed E-state index contributed by atoms with van der Waals surface area (Å²) < 4.78 is 11.4. The van der Waals surface area contributed by atoms with E-state index in [2.05, 4.69) is 26.1 Å². The van der Waals surface area contributed by atoms with Crippen LogP contribution < -0.4 is 14.8 Å². The lowest BCUT2D eigenvalue weighted by Crippen LogP contribution is -2.37. The Morgan fingerprint density at radius 3 is 2.48 bits per heavy atom. The Morgan fingerprint density at radius 2 is 1.84 bits per heavy atom. The van der Waals surface area contributed by atoms with E-state index in [4.69, 9.17) is 32.7 Å². The van der Waals surface area contributed by atoms with Crippen LogP contribution in [0.1, 0.15) is 38.3 Å². The summed E-state index contributed by atoms with van der Waals surface area (Å²) >= 11 is 12.4. The van der Waals surface area contributed by atoms with Gasteiger partial charge in [0.15, 0.2) is 11.5 Å². The third-order valence-electron chi connectivity index (χ3n) is 4.22. The maximum Gasteiger partial charge on any atom is 0.180 e. The normalized spacial score (nSPS) is 11.4. The zero-order chi connectivity index (χ0) is 18.4. The summed E-state index contributed by atoms with van der Waals surface area (Å²) in [4.78, 5) is 0. The van der Waals surface area contributed by atoms with Crippen molar-refractivity contribution < 1.29 is 9.47 Å². The first-order valence-electron chi connectivity index (χ1n) is 8.33. The predicted octanol–water partition coefficient (Wildman–Crippen LogP) is 5.86. The summed E-state index contributed by atoms with van der Waals surface area (Å²) in [7, 11) is 1.62. The molecule has 0 amide bonds. The Kier molecular flexibility index (Phi) is 7.00. The van der Waals surface area contributed by atoms with Gasteiger partial charge < -0.3 is 14.8 Å². The average Bonchev–Trinajstić information content (AvgIpc) is 2.58. The third-order valence-corrected chi connectivity index (χ3v) is 4.73. The van der Waals surface area contributed by atoms with Gasteiger partial charge in [0.2, 0.25) is 0 Å². The molecule has 0 spiro atoms. The Morgan fingerprint density at radius 1 is 1.08 bits per heavy atom. The summed E-state index contributed by atoms with van der Waals surface area (Å²) in [5.74, 6) is 1.17. The summed E-state index contributed by atoms with van der Waals surface area (Å²) in [6, 6.07) is 11.4. The van der Waals surface area contributed by atoms with Crippen molar-refractivity contribution in [3.05, 3.63) is 57.6 Å². The zero-order valence-electron chi connectivity index (χ0n) is 15.2. The number of rotatable bonds is 8. The number of ether oxygens (including phenoxy) is 2. The Bertz CT molecular complexity index is 717. The van der Waals surface area contributed by atoms with Gasteiger partial charge in [0.25, 0.3) is 0 Å². The molecule has 25 heavy (non-hydrogen) atoms. The quantitative estimate of drug-likeness (QED) is 0.620. The number of nitrogens with one attached hydrogen (secondary N) is 1. The van der Waals surface area contributed by atoms with Gasteiger partial charge in [-0.2, -0.15) is 0 Å². The van der Waals surface area contributed by atoms with Gasteiger partial charge in [-0.1, -0.05) is 42.3 Å². The highest BCUT2D eigenvalue weighted by Gasteiger charge is 2.16. The molecule has 0 atom stereocenters. The highest BCUT2D eigenvalue weighted by atomic mass is 35.5. The van der Waals surface area contributed by atoms with Crippen molar-refractivity contribution >= 4 is 23.2 Å². The number of halogens is 2. The molecule has 136 valence electrons. The molecule has 2 aromatic carbocycles. The summed E-state index contributed by atoms with van der Waals surface area (Å²) in [5.41, 5.74) is 2.10. The second kappa shape index (κ2) is 8.79. The van der Waals surface area contributed by atoms with E-state index in [0.29, 0.717) is 34.7 Å². The molecule has 0 unspecified atom stereocenters. The molecule has 0 fully saturated rings. The van der Waals surface area contributed by atoms with Gasteiger partial charge >= 0.3 is 0 Å². The minimum atomic E-state index is 0.0709. The third kappa shape index (κ3) is 5.81. The van der Waals surface area contributed by atoms with Crippen molar-refractivity contribution in [2.75, 3.05) is 7.11 Å². The first-order chi connectivity index (χ1) is 11.8. The number of benzene rings is 2. The Labute approximate surface area is 160 Å². The molecule has 0 aromatic heterocycles. The van der Waals surface area contributed by atoms with Crippen LogP contribution >= 0.6 is 23.2 Å². The Balaban J connectivity index is 2.13. The number of hydrogen-bond donors (Lipinski definition) is 1. The molecule has 2 aromatic rings. The Hall–Kier alpha value is -1.42. The lowest BCUT2D eigenvalue weighted by molar-refractivity contribution is 0.284. The van der Waals surface area contributed by atoms with Crippen molar-refractivity contribution in [1.29, 1.82) is 0 Å². The highest BCUT2D eigenvalue weighted by Crippen LogP contribution is 2.37. The van der Waals surface area contributed by atoms with E-state index in [0.717, 1.165) is 17.5 Å². The molecule has 5 heteroatoms. The van der Waals surface area contributed by atoms with Crippen LogP contribution in [0.4, 0.5) is 0 Å². The minimum Gasteiger partial charge on any atom is -0.493 e. The molecule has 0 heterocycles. The van der Waals surface area contributed by atoms with Crippen LogP contribution in [0.2, 0.25) is 10.0 Å². The molecule has 1 N–H and O–H groups in total.